The number of amides is 1. The van der Waals surface area contributed by atoms with Crippen molar-refractivity contribution in [2.24, 2.45) is 5.10 Å². The van der Waals surface area contributed by atoms with Gasteiger partial charge in [0, 0.05) is 0 Å². The number of halogens is 1. The van der Waals surface area contributed by atoms with Crippen LogP contribution in [0, 0.1) is 0 Å². The normalized spacial score (nSPS) is 10.7. The van der Waals surface area contributed by atoms with Crippen molar-refractivity contribution in [3.05, 3.63) is 64.1 Å². The second-order valence-corrected chi connectivity index (χ2v) is 5.02. The quantitative estimate of drug-likeness (QED) is 0.668. The zero-order chi connectivity index (χ0) is 14.4. The highest BCUT2D eigenvalue weighted by Gasteiger charge is 2.01. The maximum Gasteiger partial charge on any atom is 0.244 e. The number of aromatic hydroxyl groups is 1. The molecule has 0 saturated heterocycles. The average Bonchev–Trinajstić information content (AvgIpc) is 2.44. The number of hydrogen-bond donors (Lipinski definition) is 2. The molecule has 0 unspecified atom stereocenters. The van der Waals surface area contributed by atoms with Crippen LogP contribution in [0.3, 0.4) is 0 Å². The minimum Gasteiger partial charge on any atom is -0.507 e. The summed E-state index contributed by atoms with van der Waals surface area (Å²) in [4.78, 5) is 11.6. The molecule has 0 aliphatic rings. The highest BCUT2D eigenvalue weighted by Crippen LogP contribution is 2.23. The lowest BCUT2D eigenvalue weighted by Gasteiger charge is -2.00. The van der Waals surface area contributed by atoms with Crippen LogP contribution in [0.15, 0.2) is 58.1 Å². The fourth-order valence-electron chi connectivity index (χ4n) is 1.60. The third-order valence-electron chi connectivity index (χ3n) is 2.58. The van der Waals surface area contributed by atoms with Crippen LogP contribution in [0.5, 0.6) is 5.75 Å². The van der Waals surface area contributed by atoms with Gasteiger partial charge in [0.1, 0.15) is 5.75 Å². The van der Waals surface area contributed by atoms with Crippen LogP contribution in [0.4, 0.5) is 0 Å². The number of nitrogens with one attached hydrogen (secondary N) is 1. The number of hydrazone groups is 1. The topological polar surface area (TPSA) is 61.7 Å². The lowest BCUT2D eigenvalue weighted by atomic mass is 10.1. The first-order valence-electron chi connectivity index (χ1n) is 5.99. The Morgan fingerprint density at radius 2 is 2.00 bits per heavy atom. The van der Waals surface area contributed by atoms with Crippen LogP contribution in [0.2, 0.25) is 0 Å². The standard InChI is InChI=1S/C15H13BrN2O2/c16-13-8-12(6-7-14(13)19)10-17-18-15(20)9-11-4-2-1-3-5-11/h1-8,10,19H,9H2,(H,18,20)/b17-10+. The van der Waals surface area contributed by atoms with Crippen molar-refractivity contribution in [3.8, 4) is 5.75 Å². The highest BCUT2D eigenvalue weighted by molar-refractivity contribution is 9.10. The average molecular weight is 333 g/mol. The third-order valence-corrected chi connectivity index (χ3v) is 3.22. The second-order valence-electron chi connectivity index (χ2n) is 4.17. The van der Waals surface area contributed by atoms with Gasteiger partial charge in [-0.1, -0.05) is 30.3 Å². The van der Waals surface area contributed by atoms with Crippen molar-refractivity contribution in [2.45, 2.75) is 6.42 Å². The van der Waals surface area contributed by atoms with Gasteiger partial charge in [0.25, 0.3) is 0 Å². The molecule has 0 aliphatic heterocycles. The number of carbonyl (C=O) groups is 1. The van der Waals surface area contributed by atoms with E-state index in [2.05, 4.69) is 26.5 Å². The maximum absolute atomic E-state index is 11.6. The molecule has 0 fully saturated rings. The zero-order valence-electron chi connectivity index (χ0n) is 10.6. The van der Waals surface area contributed by atoms with Crippen molar-refractivity contribution in [1.29, 1.82) is 0 Å². The minimum absolute atomic E-state index is 0.162. The zero-order valence-corrected chi connectivity index (χ0v) is 12.2. The van der Waals surface area contributed by atoms with Gasteiger partial charge in [0.2, 0.25) is 5.91 Å². The van der Waals surface area contributed by atoms with Gasteiger partial charge in [-0.25, -0.2) is 5.43 Å². The van der Waals surface area contributed by atoms with Gasteiger partial charge in [-0.2, -0.15) is 5.10 Å². The third kappa shape index (κ3) is 4.20. The molecule has 0 aromatic heterocycles. The molecule has 2 aromatic carbocycles. The van der Waals surface area contributed by atoms with Crippen molar-refractivity contribution < 1.29 is 9.90 Å². The van der Waals surface area contributed by atoms with Crippen molar-refractivity contribution in [3.63, 3.8) is 0 Å². The lowest BCUT2D eigenvalue weighted by molar-refractivity contribution is -0.120. The van der Waals surface area contributed by atoms with E-state index in [1.807, 2.05) is 30.3 Å². The first-order valence-corrected chi connectivity index (χ1v) is 6.79. The SMILES string of the molecule is O=C(Cc1ccccc1)N/N=C/c1ccc(O)c(Br)c1. The first-order chi connectivity index (χ1) is 9.65. The van der Waals surface area contributed by atoms with Gasteiger partial charge in [-0.05, 0) is 45.3 Å². The molecule has 2 rings (SSSR count). The van der Waals surface area contributed by atoms with Crippen LogP contribution in [-0.2, 0) is 11.2 Å². The van der Waals surface area contributed by atoms with E-state index in [0.717, 1.165) is 11.1 Å². The molecule has 102 valence electrons. The maximum atomic E-state index is 11.6. The number of phenols is 1. The summed E-state index contributed by atoms with van der Waals surface area (Å²) >= 11 is 3.21. The number of nitrogens with zero attached hydrogens (tertiary/aromatic N) is 1. The van der Waals surface area contributed by atoms with Gasteiger partial charge in [0.05, 0.1) is 17.1 Å². The van der Waals surface area contributed by atoms with Crippen LogP contribution in [0.25, 0.3) is 0 Å². The Morgan fingerprint density at radius 1 is 1.25 bits per heavy atom. The van der Waals surface area contributed by atoms with Crippen molar-refractivity contribution >= 4 is 28.1 Å². The summed E-state index contributed by atoms with van der Waals surface area (Å²) < 4.78 is 0.581. The van der Waals surface area contributed by atoms with Crippen molar-refractivity contribution in [2.75, 3.05) is 0 Å². The van der Waals surface area contributed by atoms with E-state index >= 15 is 0 Å². The number of benzene rings is 2. The molecule has 1 amide bonds. The van der Waals surface area contributed by atoms with Gasteiger partial charge >= 0.3 is 0 Å². The fourth-order valence-corrected chi connectivity index (χ4v) is 2.00. The van der Waals surface area contributed by atoms with E-state index in [0.29, 0.717) is 4.47 Å². The van der Waals surface area contributed by atoms with Gasteiger partial charge in [0.15, 0.2) is 0 Å². The van der Waals surface area contributed by atoms with E-state index in [1.165, 1.54) is 6.21 Å². The Labute approximate surface area is 125 Å². The molecule has 20 heavy (non-hydrogen) atoms. The summed E-state index contributed by atoms with van der Waals surface area (Å²) in [6.07, 6.45) is 1.81. The molecule has 0 spiro atoms. The summed E-state index contributed by atoms with van der Waals surface area (Å²) in [5.74, 6) is -0.0134. The molecule has 0 atom stereocenters. The Morgan fingerprint density at radius 3 is 2.70 bits per heavy atom. The van der Waals surface area contributed by atoms with Gasteiger partial charge < -0.3 is 5.11 Å². The smallest absolute Gasteiger partial charge is 0.244 e. The molecule has 2 N–H and O–H groups in total. The predicted octanol–water partition coefficient (Wildman–Crippen LogP) is 2.85. The number of hydrogen-bond acceptors (Lipinski definition) is 3. The molecular weight excluding hydrogens is 320 g/mol. The summed E-state index contributed by atoms with van der Waals surface area (Å²) in [7, 11) is 0. The Kier molecular flexibility index (Phi) is 4.90. The van der Waals surface area contributed by atoms with E-state index < -0.39 is 0 Å². The fraction of sp³-hybridized carbons (Fsp3) is 0.0667. The molecule has 5 heteroatoms. The molecular formula is C15H13BrN2O2. The highest BCUT2D eigenvalue weighted by atomic mass is 79.9. The Balaban J connectivity index is 1.89. The van der Waals surface area contributed by atoms with Crippen molar-refractivity contribution in [1.82, 2.24) is 5.43 Å². The monoisotopic (exact) mass is 332 g/mol. The van der Waals surface area contributed by atoms with E-state index in [-0.39, 0.29) is 18.1 Å². The Bertz CT molecular complexity index is 627. The molecule has 4 nitrogen and oxygen atoms in total. The van der Waals surface area contributed by atoms with Gasteiger partial charge in [-0.15, -0.1) is 0 Å². The number of carbonyl (C=O) groups excluding carboxylic acids is 1. The summed E-state index contributed by atoms with van der Waals surface area (Å²) in [5.41, 5.74) is 4.18. The van der Waals surface area contributed by atoms with Crippen LogP contribution < -0.4 is 5.43 Å². The minimum atomic E-state index is -0.176. The Hall–Kier alpha value is -2.14. The van der Waals surface area contributed by atoms with E-state index in [4.69, 9.17) is 0 Å². The predicted molar refractivity (Wildman–Crippen MR) is 81.7 cm³/mol. The number of rotatable bonds is 4. The molecule has 0 aliphatic carbocycles. The first kappa shape index (κ1) is 14.3. The largest absolute Gasteiger partial charge is 0.507 e. The molecule has 0 saturated carbocycles. The van der Waals surface area contributed by atoms with Crippen LogP contribution in [-0.4, -0.2) is 17.2 Å². The lowest BCUT2D eigenvalue weighted by Crippen LogP contribution is -2.19. The molecule has 0 bridgehead atoms. The van der Waals surface area contributed by atoms with E-state index in [9.17, 15) is 9.90 Å². The second kappa shape index (κ2) is 6.86. The summed E-state index contributed by atoms with van der Waals surface area (Å²) in [6, 6.07) is 14.4. The number of phenolic OH excluding ortho intramolecular Hbond substituents is 1. The van der Waals surface area contributed by atoms with E-state index in [1.54, 1.807) is 18.2 Å². The van der Waals surface area contributed by atoms with Gasteiger partial charge in [-0.3, -0.25) is 4.79 Å². The van der Waals surface area contributed by atoms with Crippen LogP contribution in [0.1, 0.15) is 11.1 Å². The summed E-state index contributed by atoms with van der Waals surface area (Å²) in [5, 5.41) is 13.2. The summed E-state index contributed by atoms with van der Waals surface area (Å²) in [6.45, 7) is 0. The molecule has 0 radical (unpaired) electrons. The van der Waals surface area contributed by atoms with Crippen LogP contribution >= 0.6 is 15.9 Å². The molecule has 0 heterocycles. The molecule has 2 aromatic rings.